The van der Waals surface area contributed by atoms with Crippen LogP contribution in [0.1, 0.15) is 5.56 Å². The van der Waals surface area contributed by atoms with Crippen molar-refractivity contribution in [3.8, 4) is 0 Å². The number of rotatable bonds is 3. The summed E-state index contributed by atoms with van der Waals surface area (Å²) in [5.41, 5.74) is 3.78. The average molecular weight is 302 g/mol. The van der Waals surface area contributed by atoms with Crippen molar-refractivity contribution >= 4 is 29.1 Å². The Morgan fingerprint density at radius 1 is 1.21 bits per heavy atom. The van der Waals surface area contributed by atoms with E-state index in [-0.39, 0.29) is 5.91 Å². The van der Waals surface area contributed by atoms with Crippen LogP contribution < -0.4 is 5.43 Å². The third kappa shape index (κ3) is 4.35. The first-order valence-corrected chi connectivity index (χ1v) is 6.97. The molecule has 1 fully saturated rings. The Morgan fingerprint density at radius 3 is 2.53 bits per heavy atom. The summed E-state index contributed by atoms with van der Waals surface area (Å²) in [6.45, 7) is 3.63. The van der Waals surface area contributed by atoms with Crippen LogP contribution in [-0.2, 0) is 11.2 Å². The van der Waals surface area contributed by atoms with Crippen molar-refractivity contribution in [1.29, 1.82) is 0 Å². The van der Waals surface area contributed by atoms with E-state index < -0.39 is 0 Å². The number of amides is 1. The van der Waals surface area contributed by atoms with Gasteiger partial charge in [-0.25, -0.2) is 5.01 Å². The number of benzene rings is 1. The molecule has 1 aromatic rings. The van der Waals surface area contributed by atoms with E-state index in [1.165, 1.54) is 0 Å². The Balaban J connectivity index is 1.85. The van der Waals surface area contributed by atoms with Gasteiger partial charge in [-0.1, -0.05) is 29.3 Å². The summed E-state index contributed by atoms with van der Waals surface area (Å²) in [6.07, 6.45) is 0.309. The third-order valence-electron chi connectivity index (χ3n) is 3.13. The summed E-state index contributed by atoms with van der Waals surface area (Å²) in [6, 6.07) is 5.26. The summed E-state index contributed by atoms with van der Waals surface area (Å²) in [7, 11) is 2.08. The highest BCUT2D eigenvalue weighted by Gasteiger charge is 2.15. The zero-order chi connectivity index (χ0) is 13.8. The van der Waals surface area contributed by atoms with Crippen LogP contribution in [-0.4, -0.2) is 49.0 Å². The molecule has 0 atom stereocenters. The number of hydrogen-bond donors (Lipinski definition) is 1. The Hall–Kier alpha value is -0.810. The lowest BCUT2D eigenvalue weighted by Gasteiger charge is -2.32. The largest absolute Gasteiger partial charge is 0.304 e. The minimum absolute atomic E-state index is 0.0251. The van der Waals surface area contributed by atoms with Gasteiger partial charge >= 0.3 is 0 Å². The van der Waals surface area contributed by atoms with Crippen LogP contribution in [0.3, 0.4) is 0 Å². The van der Waals surface area contributed by atoms with E-state index in [1.54, 1.807) is 12.1 Å². The molecule has 0 spiro atoms. The molecule has 0 radical (unpaired) electrons. The number of carbonyl (C=O) groups is 1. The van der Waals surface area contributed by atoms with Gasteiger partial charge in [-0.15, -0.1) is 0 Å². The lowest BCUT2D eigenvalue weighted by molar-refractivity contribution is -0.126. The van der Waals surface area contributed by atoms with E-state index in [0.29, 0.717) is 16.5 Å². The molecule has 0 bridgehead atoms. The fourth-order valence-electron chi connectivity index (χ4n) is 1.97. The van der Waals surface area contributed by atoms with Crippen LogP contribution in [0.4, 0.5) is 0 Å². The smallest absolute Gasteiger partial charge is 0.238 e. The van der Waals surface area contributed by atoms with Gasteiger partial charge in [0.2, 0.25) is 5.91 Å². The number of nitrogens with one attached hydrogen (secondary N) is 1. The van der Waals surface area contributed by atoms with Gasteiger partial charge in [0.1, 0.15) is 0 Å². The minimum Gasteiger partial charge on any atom is -0.304 e. The predicted octanol–water partition coefficient (Wildman–Crippen LogP) is 1.81. The van der Waals surface area contributed by atoms with Crippen LogP contribution >= 0.6 is 23.2 Å². The van der Waals surface area contributed by atoms with Crippen molar-refractivity contribution in [3.63, 3.8) is 0 Å². The van der Waals surface area contributed by atoms with Crippen LogP contribution in [0.2, 0.25) is 10.0 Å². The molecule has 1 aromatic carbocycles. The van der Waals surface area contributed by atoms with Gasteiger partial charge in [0.05, 0.1) is 16.5 Å². The summed E-state index contributed by atoms with van der Waals surface area (Å²) in [4.78, 5) is 14.2. The maximum Gasteiger partial charge on any atom is 0.238 e. The van der Waals surface area contributed by atoms with Crippen LogP contribution in [0.15, 0.2) is 18.2 Å². The topological polar surface area (TPSA) is 35.6 Å². The Kier molecular flexibility index (Phi) is 5.05. The van der Waals surface area contributed by atoms with Gasteiger partial charge in [-0.2, -0.15) is 0 Å². The fourth-order valence-corrected chi connectivity index (χ4v) is 2.29. The zero-order valence-corrected chi connectivity index (χ0v) is 12.3. The number of likely N-dealkylation sites (N-methyl/N-ethyl adjacent to an activating group) is 1. The Labute approximate surface area is 123 Å². The highest BCUT2D eigenvalue weighted by atomic mass is 35.5. The molecule has 4 nitrogen and oxygen atoms in total. The number of hydrogen-bond acceptors (Lipinski definition) is 3. The molecule has 1 saturated heterocycles. The van der Waals surface area contributed by atoms with Gasteiger partial charge in [0, 0.05) is 26.2 Å². The average Bonchev–Trinajstić information content (AvgIpc) is 2.37. The zero-order valence-electron chi connectivity index (χ0n) is 10.8. The number of hydrazine groups is 1. The lowest BCUT2D eigenvalue weighted by atomic mass is 10.1. The maximum absolute atomic E-state index is 11.9. The lowest BCUT2D eigenvalue weighted by Crippen LogP contribution is -2.52. The standard InChI is InChI=1S/C13H17Cl2N3O/c1-17-4-6-18(7-5-17)16-13(19)9-10-2-3-11(14)12(15)8-10/h2-3,8H,4-7,9H2,1H3,(H,16,19). The van der Waals surface area contributed by atoms with E-state index in [9.17, 15) is 4.79 Å². The van der Waals surface area contributed by atoms with Crippen molar-refractivity contribution in [2.75, 3.05) is 33.2 Å². The SMILES string of the molecule is CN1CCN(NC(=O)Cc2ccc(Cl)c(Cl)c2)CC1. The van der Waals surface area contributed by atoms with Crippen LogP contribution in [0.25, 0.3) is 0 Å². The van der Waals surface area contributed by atoms with Gasteiger partial charge in [0.25, 0.3) is 0 Å². The molecule has 104 valence electrons. The van der Waals surface area contributed by atoms with Crippen LogP contribution in [0.5, 0.6) is 0 Å². The molecule has 0 unspecified atom stereocenters. The van der Waals surface area contributed by atoms with Crippen molar-refractivity contribution in [2.24, 2.45) is 0 Å². The first-order chi connectivity index (χ1) is 9.04. The van der Waals surface area contributed by atoms with E-state index >= 15 is 0 Å². The number of carbonyl (C=O) groups excluding carboxylic acids is 1. The summed E-state index contributed by atoms with van der Waals surface area (Å²) < 4.78 is 0. The van der Waals surface area contributed by atoms with Crippen molar-refractivity contribution in [1.82, 2.24) is 15.3 Å². The van der Waals surface area contributed by atoms with E-state index in [4.69, 9.17) is 23.2 Å². The molecule has 1 aliphatic heterocycles. The normalized spacial score (nSPS) is 17.4. The molecule has 0 saturated carbocycles. The minimum atomic E-state index is -0.0251. The summed E-state index contributed by atoms with van der Waals surface area (Å²) in [5, 5.41) is 2.94. The predicted molar refractivity (Wildman–Crippen MR) is 77.4 cm³/mol. The molecular weight excluding hydrogens is 285 g/mol. The number of nitrogens with zero attached hydrogens (tertiary/aromatic N) is 2. The molecule has 6 heteroatoms. The molecule has 1 aliphatic rings. The Bertz CT molecular complexity index is 459. The highest BCUT2D eigenvalue weighted by Crippen LogP contribution is 2.22. The first-order valence-electron chi connectivity index (χ1n) is 6.21. The van der Waals surface area contributed by atoms with E-state index in [2.05, 4.69) is 17.4 Å². The molecule has 0 aromatic heterocycles. The highest BCUT2D eigenvalue weighted by molar-refractivity contribution is 6.42. The molecule has 1 N–H and O–H groups in total. The van der Waals surface area contributed by atoms with Gasteiger partial charge in [0.15, 0.2) is 0 Å². The van der Waals surface area contributed by atoms with Crippen molar-refractivity contribution < 1.29 is 4.79 Å². The van der Waals surface area contributed by atoms with Crippen LogP contribution in [0, 0.1) is 0 Å². The van der Waals surface area contributed by atoms with Gasteiger partial charge in [-0.05, 0) is 24.7 Å². The third-order valence-corrected chi connectivity index (χ3v) is 3.87. The fraction of sp³-hybridized carbons (Fsp3) is 0.462. The monoisotopic (exact) mass is 301 g/mol. The second kappa shape index (κ2) is 6.57. The molecule has 19 heavy (non-hydrogen) atoms. The maximum atomic E-state index is 11.9. The van der Waals surface area contributed by atoms with Gasteiger partial charge in [-0.3, -0.25) is 10.2 Å². The summed E-state index contributed by atoms with van der Waals surface area (Å²) >= 11 is 11.8. The first kappa shape index (κ1) is 14.6. The molecule has 2 rings (SSSR count). The van der Waals surface area contributed by atoms with Crippen molar-refractivity contribution in [2.45, 2.75) is 6.42 Å². The number of piperazine rings is 1. The second-order valence-corrected chi connectivity index (χ2v) is 5.56. The molecule has 1 amide bonds. The number of halogens is 2. The summed E-state index contributed by atoms with van der Waals surface area (Å²) in [5.74, 6) is -0.0251. The van der Waals surface area contributed by atoms with Crippen molar-refractivity contribution in [3.05, 3.63) is 33.8 Å². The molecule has 0 aliphatic carbocycles. The van der Waals surface area contributed by atoms with Gasteiger partial charge < -0.3 is 4.90 Å². The second-order valence-electron chi connectivity index (χ2n) is 4.75. The molecular formula is C13H17Cl2N3O. The Morgan fingerprint density at radius 2 is 1.89 bits per heavy atom. The van der Waals surface area contributed by atoms with E-state index in [1.807, 2.05) is 11.1 Å². The molecule has 1 heterocycles. The van der Waals surface area contributed by atoms with E-state index in [0.717, 1.165) is 31.7 Å². The quantitative estimate of drug-likeness (QED) is 0.925.